The minimum atomic E-state index is 0.0551. The molecule has 0 radical (unpaired) electrons. The predicted octanol–water partition coefficient (Wildman–Crippen LogP) is 4.03. The molecular weight excluding hydrogens is 294 g/mol. The molecule has 0 saturated carbocycles. The molecule has 0 bridgehead atoms. The highest BCUT2D eigenvalue weighted by Crippen LogP contribution is 2.26. The Hall–Kier alpha value is -2.20. The van der Waals surface area contributed by atoms with E-state index in [-0.39, 0.29) is 5.91 Å². The van der Waals surface area contributed by atoms with Crippen molar-refractivity contribution in [3.8, 4) is 11.5 Å². The van der Waals surface area contributed by atoms with Crippen molar-refractivity contribution in [2.75, 3.05) is 18.2 Å². The summed E-state index contributed by atoms with van der Waals surface area (Å²) in [6.45, 7) is 0.829. The monoisotopic (exact) mass is 311 g/mol. The van der Waals surface area contributed by atoms with Crippen LogP contribution < -0.4 is 4.74 Å². The third-order valence-corrected chi connectivity index (χ3v) is 4.33. The van der Waals surface area contributed by atoms with Crippen LogP contribution in [0.2, 0.25) is 0 Å². The van der Waals surface area contributed by atoms with Crippen molar-refractivity contribution in [1.82, 2.24) is 4.90 Å². The Morgan fingerprint density at radius 1 is 1.09 bits per heavy atom. The van der Waals surface area contributed by atoms with Crippen LogP contribution >= 0.6 is 11.8 Å². The van der Waals surface area contributed by atoms with Crippen LogP contribution in [0.3, 0.4) is 0 Å². The van der Waals surface area contributed by atoms with Gasteiger partial charge in [-0.15, -0.1) is 11.8 Å². The van der Waals surface area contributed by atoms with Crippen LogP contribution in [0.4, 0.5) is 0 Å². The summed E-state index contributed by atoms with van der Waals surface area (Å²) in [5.41, 5.74) is 0.895. The molecule has 0 atom stereocenters. The summed E-state index contributed by atoms with van der Waals surface area (Å²) in [5, 5.41) is 0. The molecule has 1 amide bonds. The van der Waals surface area contributed by atoms with E-state index in [0.717, 1.165) is 35.2 Å². The number of hydrogen-bond donors (Lipinski definition) is 0. The van der Waals surface area contributed by atoms with Gasteiger partial charge in [0, 0.05) is 23.9 Å². The Bertz CT molecular complexity index is 664. The summed E-state index contributed by atoms with van der Waals surface area (Å²) in [5.74, 6) is 3.39. The van der Waals surface area contributed by atoms with E-state index in [1.165, 1.54) is 0 Å². The first kappa shape index (κ1) is 14.7. The Labute approximate surface area is 134 Å². The molecule has 1 aliphatic rings. The number of amides is 1. The van der Waals surface area contributed by atoms with Crippen molar-refractivity contribution in [3.05, 3.63) is 66.2 Å². The van der Waals surface area contributed by atoms with Gasteiger partial charge in [0.2, 0.25) is 5.91 Å². The van der Waals surface area contributed by atoms with Crippen molar-refractivity contribution in [2.24, 2.45) is 0 Å². The number of benzene rings is 2. The van der Waals surface area contributed by atoms with Gasteiger partial charge >= 0.3 is 0 Å². The molecule has 1 saturated heterocycles. The lowest BCUT2D eigenvalue weighted by atomic mass is 10.2. The van der Waals surface area contributed by atoms with Crippen LogP contribution in [-0.4, -0.2) is 29.0 Å². The molecule has 3 nitrogen and oxygen atoms in total. The summed E-state index contributed by atoms with van der Waals surface area (Å²) in [6.07, 6.45) is 3.45. The van der Waals surface area contributed by atoms with E-state index in [0.29, 0.717) is 0 Å². The third kappa shape index (κ3) is 3.71. The number of hydrogen-bond acceptors (Lipinski definition) is 3. The number of thioether (sulfide) groups is 1. The maximum absolute atomic E-state index is 12.1. The number of carbonyl (C=O) groups is 1. The van der Waals surface area contributed by atoms with E-state index >= 15 is 0 Å². The van der Waals surface area contributed by atoms with Crippen molar-refractivity contribution in [2.45, 2.75) is 0 Å². The Kier molecular flexibility index (Phi) is 4.81. The minimum absolute atomic E-state index is 0.0551. The molecule has 1 heterocycles. The van der Waals surface area contributed by atoms with Gasteiger partial charge < -0.3 is 9.64 Å². The number of carbonyl (C=O) groups excluding carboxylic acids is 1. The zero-order valence-electron chi connectivity index (χ0n) is 12.1. The first-order valence-electron chi connectivity index (χ1n) is 7.19. The van der Waals surface area contributed by atoms with Crippen molar-refractivity contribution < 1.29 is 9.53 Å². The Morgan fingerprint density at radius 3 is 2.64 bits per heavy atom. The first-order chi connectivity index (χ1) is 10.8. The van der Waals surface area contributed by atoms with Gasteiger partial charge in [-0.3, -0.25) is 4.79 Å². The SMILES string of the molecule is O=C(/C=C/c1ccccc1Oc1ccccc1)N1CCSC1. The van der Waals surface area contributed by atoms with Crippen molar-refractivity contribution in [1.29, 1.82) is 0 Å². The standard InChI is InChI=1S/C18H17NO2S/c20-18(19-12-13-22-14-19)11-10-15-6-4-5-9-17(15)21-16-7-2-1-3-8-16/h1-11H,12-14H2/b11-10+. The minimum Gasteiger partial charge on any atom is -0.457 e. The largest absolute Gasteiger partial charge is 0.457 e. The molecule has 4 heteroatoms. The fourth-order valence-electron chi connectivity index (χ4n) is 2.18. The second-order valence-electron chi connectivity index (χ2n) is 4.93. The summed E-state index contributed by atoms with van der Waals surface area (Å²) in [4.78, 5) is 13.9. The molecule has 0 aliphatic carbocycles. The fourth-order valence-corrected chi connectivity index (χ4v) is 3.14. The lowest BCUT2D eigenvalue weighted by Crippen LogP contribution is -2.25. The average Bonchev–Trinajstić information content (AvgIpc) is 3.09. The summed E-state index contributed by atoms with van der Waals surface area (Å²) in [7, 11) is 0. The molecule has 0 N–H and O–H groups in total. The summed E-state index contributed by atoms with van der Waals surface area (Å²) >= 11 is 1.78. The van der Waals surface area contributed by atoms with Crippen LogP contribution in [0.25, 0.3) is 6.08 Å². The quantitative estimate of drug-likeness (QED) is 0.799. The smallest absolute Gasteiger partial charge is 0.247 e. The second kappa shape index (κ2) is 7.18. The van der Waals surface area contributed by atoms with Crippen LogP contribution in [0, 0.1) is 0 Å². The van der Waals surface area contributed by atoms with Gasteiger partial charge in [0.25, 0.3) is 0 Å². The van der Waals surface area contributed by atoms with Gasteiger partial charge in [0.1, 0.15) is 11.5 Å². The molecule has 22 heavy (non-hydrogen) atoms. The van der Waals surface area contributed by atoms with Gasteiger partial charge in [-0.1, -0.05) is 36.4 Å². The maximum atomic E-state index is 12.1. The molecule has 0 aromatic heterocycles. The average molecular weight is 311 g/mol. The highest BCUT2D eigenvalue weighted by molar-refractivity contribution is 7.99. The lowest BCUT2D eigenvalue weighted by Gasteiger charge is -2.11. The topological polar surface area (TPSA) is 29.5 Å². The fraction of sp³-hybridized carbons (Fsp3) is 0.167. The van der Waals surface area contributed by atoms with Gasteiger partial charge in [-0.25, -0.2) is 0 Å². The lowest BCUT2D eigenvalue weighted by molar-refractivity contribution is -0.124. The first-order valence-corrected chi connectivity index (χ1v) is 8.35. The summed E-state index contributed by atoms with van der Waals surface area (Å²) < 4.78 is 5.89. The van der Waals surface area contributed by atoms with Crippen LogP contribution in [-0.2, 0) is 4.79 Å². The normalized spacial score (nSPS) is 14.5. The third-order valence-electron chi connectivity index (χ3n) is 3.36. The van der Waals surface area contributed by atoms with Gasteiger partial charge in [-0.2, -0.15) is 0 Å². The van der Waals surface area contributed by atoms with Gasteiger partial charge in [-0.05, 0) is 24.3 Å². The van der Waals surface area contributed by atoms with Gasteiger partial charge in [0.15, 0.2) is 0 Å². The van der Waals surface area contributed by atoms with E-state index in [4.69, 9.17) is 4.74 Å². The van der Waals surface area contributed by atoms with Crippen LogP contribution in [0.5, 0.6) is 11.5 Å². The highest BCUT2D eigenvalue weighted by atomic mass is 32.2. The van der Waals surface area contributed by atoms with Gasteiger partial charge in [0.05, 0.1) is 5.88 Å². The zero-order valence-corrected chi connectivity index (χ0v) is 13.0. The van der Waals surface area contributed by atoms with E-state index in [9.17, 15) is 4.79 Å². The Balaban J connectivity index is 1.74. The highest BCUT2D eigenvalue weighted by Gasteiger charge is 2.15. The molecule has 1 fully saturated rings. The molecule has 2 aromatic rings. The zero-order chi connectivity index (χ0) is 15.2. The molecule has 3 rings (SSSR count). The predicted molar refractivity (Wildman–Crippen MR) is 91.0 cm³/mol. The van der Waals surface area contributed by atoms with E-state index in [2.05, 4.69) is 0 Å². The van der Waals surface area contributed by atoms with Crippen molar-refractivity contribution >= 4 is 23.7 Å². The maximum Gasteiger partial charge on any atom is 0.247 e. The number of ether oxygens (including phenoxy) is 1. The number of rotatable bonds is 4. The second-order valence-corrected chi connectivity index (χ2v) is 6.00. The van der Waals surface area contributed by atoms with E-state index < -0.39 is 0 Å². The Morgan fingerprint density at radius 2 is 1.86 bits per heavy atom. The molecule has 2 aromatic carbocycles. The van der Waals surface area contributed by atoms with E-state index in [1.807, 2.05) is 65.6 Å². The molecule has 0 spiro atoms. The molecule has 1 aliphatic heterocycles. The number of nitrogens with zero attached hydrogens (tertiary/aromatic N) is 1. The molecule has 112 valence electrons. The molecule has 0 unspecified atom stereocenters. The summed E-state index contributed by atoms with van der Waals surface area (Å²) in [6, 6.07) is 17.3. The van der Waals surface area contributed by atoms with E-state index in [1.54, 1.807) is 17.8 Å². The van der Waals surface area contributed by atoms with Crippen LogP contribution in [0.15, 0.2) is 60.7 Å². The van der Waals surface area contributed by atoms with Crippen LogP contribution in [0.1, 0.15) is 5.56 Å². The molecular formula is C18H17NO2S. The number of para-hydroxylation sites is 2. The van der Waals surface area contributed by atoms with Crippen molar-refractivity contribution in [3.63, 3.8) is 0 Å².